The third-order valence-electron chi connectivity index (χ3n) is 2.10. The van der Waals surface area contributed by atoms with Gasteiger partial charge in [-0.2, -0.15) is 0 Å². The van der Waals surface area contributed by atoms with Gasteiger partial charge < -0.3 is 4.98 Å². The van der Waals surface area contributed by atoms with Crippen LogP contribution in [0.1, 0.15) is 0 Å². The first-order valence-corrected chi connectivity index (χ1v) is 4.94. The minimum Gasteiger partial charge on any atom is -0.313 e. The smallest absolute Gasteiger partial charge is 0.260 e. The van der Waals surface area contributed by atoms with E-state index in [-0.39, 0.29) is 5.56 Å². The summed E-state index contributed by atoms with van der Waals surface area (Å²) in [6, 6.07) is 1.93. The first-order chi connectivity index (χ1) is 6.86. The van der Waals surface area contributed by atoms with Crippen LogP contribution in [0.4, 0.5) is 0 Å². The van der Waals surface area contributed by atoms with Crippen molar-refractivity contribution in [3.05, 3.63) is 34.3 Å². The van der Waals surface area contributed by atoms with Crippen molar-refractivity contribution >= 4 is 32.5 Å². The molecule has 0 aliphatic rings. The van der Waals surface area contributed by atoms with Gasteiger partial charge in [0, 0.05) is 11.6 Å². The van der Waals surface area contributed by atoms with Gasteiger partial charge in [0.15, 0.2) is 0 Å². The van der Waals surface area contributed by atoms with Crippen molar-refractivity contribution < 1.29 is 0 Å². The van der Waals surface area contributed by atoms with Crippen molar-refractivity contribution in [3.8, 4) is 0 Å². The fraction of sp³-hybridized carbons (Fsp3) is 0. The van der Waals surface area contributed by atoms with Crippen LogP contribution >= 0.6 is 11.3 Å². The Morgan fingerprint density at radius 1 is 1.29 bits per heavy atom. The van der Waals surface area contributed by atoms with Crippen molar-refractivity contribution in [3.63, 3.8) is 0 Å². The fourth-order valence-corrected chi connectivity index (χ4v) is 2.19. The van der Waals surface area contributed by atoms with Crippen LogP contribution in [0.5, 0.6) is 0 Å². The zero-order valence-electron chi connectivity index (χ0n) is 7.02. The van der Waals surface area contributed by atoms with E-state index in [0.29, 0.717) is 5.39 Å². The van der Waals surface area contributed by atoms with E-state index in [0.717, 1.165) is 15.7 Å². The summed E-state index contributed by atoms with van der Waals surface area (Å²) in [6.45, 7) is 0. The molecule has 0 bridgehead atoms. The van der Waals surface area contributed by atoms with Gasteiger partial charge in [-0.05, 0) is 11.4 Å². The molecule has 0 atom stereocenters. The van der Waals surface area contributed by atoms with Gasteiger partial charge >= 0.3 is 0 Å². The molecule has 0 aromatic carbocycles. The second kappa shape index (κ2) is 2.62. The van der Waals surface area contributed by atoms with E-state index < -0.39 is 0 Å². The Labute approximate surface area is 82.3 Å². The molecule has 1 N–H and O–H groups in total. The Morgan fingerprint density at radius 3 is 3.14 bits per heavy atom. The molecule has 0 fully saturated rings. The Morgan fingerprint density at radius 2 is 2.21 bits per heavy atom. The average Bonchev–Trinajstić information content (AvgIpc) is 2.66. The first-order valence-electron chi connectivity index (χ1n) is 4.06. The van der Waals surface area contributed by atoms with Gasteiger partial charge in [-0.15, -0.1) is 11.3 Å². The van der Waals surface area contributed by atoms with Crippen molar-refractivity contribution in [2.45, 2.75) is 0 Å². The van der Waals surface area contributed by atoms with E-state index in [1.807, 2.05) is 11.4 Å². The number of nitrogens with one attached hydrogen (secondary N) is 1. The highest BCUT2D eigenvalue weighted by atomic mass is 32.1. The third kappa shape index (κ3) is 0.898. The molecular weight excluding hydrogens is 198 g/mol. The Bertz CT molecular complexity index is 670. The molecule has 0 amide bonds. The number of nitrogens with zero attached hydrogens (tertiary/aromatic N) is 2. The summed E-state index contributed by atoms with van der Waals surface area (Å²) in [5, 5.41) is 3.43. The summed E-state index contributed by atoms with van der Waals surface area (Å²) < 4.78 is 0. The van der Waals surface area contributed by atoms with Crippen LogP contribution in [-0.4, -0.2) is 15.0 Å². The highest BCUT2D eigenvalue weighted by Gasteiger charge is 2.05. The Kier molecular flexibility index (Phi) is 1.43. The Balaban J connectivity index is 2.71. The molecule has 3 heterocycles. The lowest BCUT2D eigenvalue weighted by atomic mass is 10.2. The summed E-state index contributed by atoms with van der Waals surface area (Å²) in [6.07, 6.45) is 2.99. The first kappa shape index (κ1) is 7.64. The molecular formula is C9H5N3OS. The number of rotatable bonds is 0. The molecule has 0 saturated carbocycles. The maximum Gasteiger partial charge on any atom is 0.260 e. The summed E-state index contributed by atoms with van der Waals surface area (Å²) in [5.74, 6) is 0. The number of hydrogen-bond acceptors (Lipinski definition) is 4. The maximum atomic E-state index is 11.4. The number of hydrogen-bond donors (Lipinski definition) is 1. The van der Waals surface area contributed by atoms with Crippen LogP contribution in [-0.2, 0) is 0 Å². The molecule has 0 radical (unpaired) electrons. The predicted octanol–water partition coefficient (Wildman–Crippen LogP) is 1.53. The third-order valence-corrected chi connectivity index (χ3v) is 2.92. The molecule has 3 rings (SSSR count). The topological polar surface area (TPSA) is 58.6 Å². The molecule has 3 aromatic rings. The average molecular weight is 203 g/mol. The maximum absolute atomic E-state index is 11.4. The number of pyridine rings is 1. The van der Waals surface area contributed by atoms with E-state index in [4.69, 9.17) is 0 Å². The minimum absolute atomic E-state index is 0.143. The van der Waals surface area contributed by atoms with Gasteiger partial charge in [0.05, 0.1) is 17.2 Å². The molecule has 4 nitrogen and oxygen atoms in total. The lowest BCUT2D eigenvalue weighted by molar-refractivity contribution is 1.17. The van der Waals surface area contributed by atoms with Gasteiger partial charge in [0.25, 0.3) is 5.56 Å². The number of H-pyrrole nitrogens is 1. The van der Waals surface area contributed by atoms with Crippen molar-refractivity contribution in [2.24, 2.45) is 0 Å². The van der Waals surface area contributed by atoms with Gasteiger partial charge in [-0.1, -0.05) is 0 Å². The SMILES string of the molecule is O=c1[nH]cnc2c1cnc1sccc12. The van der Waals surface area contributed by atoms with Crippen molar-refractivity contribution in [1.82, 2.24) is 15.0 Å². The summed E-state index contributed by atoms with van der Waals surface area (Å²) in [5.41, 5.74) is 0.579. The molecule has 5 heteroatoms. The molecule has 0 unspecified atom stereocenters. The van der Waals surface area contributed by atoms with Crippen LogP contribution in [0.3, 0.4) is 0 Å². The molecule has 68 valence electrons. The van der Waals surface area contributed by atoms with Crippen LogP contribution in [0.15, 0.2) is 28.8 Å². The number of thiophene rings is 1. The monoisotopic (exact) mass is 203 g/mol. The molecule has 0 saturated heterocycles. The molecule has 0 aliphatic heterocycles. The number of aromatic nitrogens is 3. The van der Waals surface area contributed by atoms with Crippen LogP contribution < -0.4 is 5.56 Å². The van der Waals surface area contributed by atoms with E-state index in [1.165, 1.54) is 6.33 Å². The lowest BCUT2D eigenvalue weighted by Gasteiger charge is -1.95. The van der Waals surface area contributed by atoms with Crippen molar-refractivity contribution in [1.29, 1.82) is 0 Å². The highest BCUT2D eigenvalue weighted by Crippen LogP contribution is 2.23. The lowest BCUT2D eigenvalue weighted by Crippen LogP contribution is -2.06. The van der Waals surface area contributed by atoms with Crippen LogP contribution in [0.2, 0.25) is 0 Å². The summed E-state index contributed by atoms with van der Waals surface area (Å²) >= 11 is 1.54. The number of fused-ring (bicyclic) bond motifs is 3. The van der Waals surface area contributed by atoms with E-state index in [9.17, 15) is 4.79 Å². The van der Waals surface area contributed by atoms with E-state index in [2.05, 4.69) is 15.0 Å². The highest BCUT2D eigenvalue weighted by molar-refractivity contribution is 7.16. The molecule has 0 spiro atoms. The quantitative estimate of drug-likeness (QED) is 0.602. The van der Waals surface area contributed by atoms with Crippen LogP contribution in [0.25, 0.3) is 21.1 Å². The zero-order chi connectivity index (χ0) is 9.54. The molecule has 3 aromatic heterocycles. The molecule has 0 aliphatic carbocycles. The van der Waals surface area contributed by atoms with E-state index in [1.54, 1.807) is 17.5 Å². The van der Waals surface area contributed by atoms with Gasteiger partial charge in [0.1, 0.15) is 4.83 Å². The summed E-state index contributed by atoms with van der Waals surface area (Å²) in [7, 11) is 0. The van der Waals surface area contributed by atoms with Crippen molar-refractivity contribution in [2.75, 3.05) is 0 Å². The molecule has 14 heavy (non-hydrogen) atoms. The fourth-order valence-electron chi connectivity index (χ4n) is 1.45. The second-order valence-electron chi connectivity index (χ2n) is 2.89. The van der Waals surface area contributed by atoms with Crippen LogP contribution in [0, 0.1) is 0 Å². The second-order valence-corrected chi connectivity index (χ2v) is 3.79. The normalized spacial score (nSPS) is 11.1. The minimum atomic E-state index is -0.143. The van der Waals surface area contributed by atoms with Gasteiger partial charge in [-0.25, -0.2) is 9.97 Å². The standard InChI is InChI=1S/C9H5N3OS/c13-8-6-3-10-9-5(1-2-14-9)7(6)11-4-12-8/h1-4H,(H,11,12,13). The Hall–Kier alpha value is -1.75. The zero-order valence-corrected chi connectivity index (χ0v) is 7.84. The number of aromatic amines is 1. The van der Waals surface area contributed by atoms with Gasteiger partial charge in [0.2, 0.25) is 0 Å². The summed E-state index contributed by atoms with van der Waals surface area (Å²) in [4.78, 5) is 23.2. The van der Waals surface area contributed by atoms with E-state index >= 15 is 0 Å². The predicted molar refractivity (Wildman–Crippen MR) is 55.5 cm³/mol. The largest absolute Gasteiger partial charge is 0.313 e. The van der Waals surface area contributed by atoms with Gasteiger partial charge in [-0.3, -0.25) is 4.79 Å².